The maximum absolute atomic E-state index is 13.5. The van der Waals surface area contributed by atoms with E-state index >= 15 is 0 Å². The molecule has 0 radical (unpaired) electrons. The minimum absolute atomic E-state index is 0.102. The molecule has 2 heterocycles. The van der Waals surface area contributed by atoms with Crippen LogP contribution < -0.4 is 5.32 Å². The van der Waals surface area contributed by atoms with Crippen LogP contribution in [-0.4, -0.2) is 30.1 Å². The maximum atomic E-state index is 13.5. The summed E-state index contributed by atoms with van der Waals surface area (Å²) >= 11 is 0. The average Bonchev–Trinajstić information content (AvgIpc) is 3.05. The Morgan fingerprint density at radius 3 is 3.16 bits per heavy atom. The van der Waals surface area contributed by atoms with E-state index in [0.29, 0.717) is 23.1 Å². The Bertz CT molecular complexity index is 603. The smallest absolute Gasteiger partial charge is 0.267 e. The number of halogens is 1. The fourth-order valence-corrected chi connectivity index (χ4v) is 2.35. The summed E-state index contributed by atoms with van der Waals surface area (Å²) in [6, 6.07) is 6.28. The summed E-state index contributed by atoms with van der Waals surface area (Å²) in [7, 11) is 0. The van der Waals surface area contributed by atoms with Crippen LogP contribution in [0.4, 0.5) is 4.39 Å². The van der Waals surface area contributed by atoms with Crippen LogP contribution in [0.3, 0.4) is 0 Å². The molecule has 1 aromatic heterocycles. The molecule has 100 valence electrons. The Morgan fingerprint density at radius 2 is 2.42 bits per heavy atom. The number of nitrogens with one attached hydrogen (secondary N) is 2. The zero-order valence-electron chi connectivity index (χ0n) is 10.4. The molecule has 4 nitrogen and oxygen atoms in total. The lowest BCUT2D eigenvalue weighted by Crippen LogP contribution is -2.31. The van der Waals surface area contributed by atoms with Crippen molar-refractivity contribution in [1.29, 1.82) is 0 Å². The van der Waals surface area contributed by atoms with Gasteiger partial charge in [0, 0.05) is 24.1 Å². The number of fused-ring (bicyclic) bond motifs is 1. The van der Waals surface area contributed by atoms with Gasteiger partial charge in [0.05, 0.1) is 6.10 Å². The highest BCUT2D eigenvalue weighted by Crippen LogP contribution is 2.18. The number of hydrogen-bond acceptors (Lipinski definition) is 2. The summed E-state index contributed by atoms with van der Waals surface area (Å²) in [4.78, 5) is 14.9. The molecule has 1 saturated heterocycles. The van der Waals surface area contributed by atoms with Gasteiger partial charge in [0.1, 0.15) is 11.5 Å². The number of hydrogen-bond donors (Lipinski definition) is 2. The van der Waals surface area contributed by atoms with E-state index in [1.165, 1.54) is 12.1 Å². The third-order valence-electron chi connectivity index (χ3n) is 3.37. The molecule has 3 rings (SSSR count). The zero-order valence-corrected chi connectivity index (χ0v) is 10.4. The van der Waals surface area contributed by atoms with Crippen molar-refractivity contribution >= 4 is 16.8 Å². The normalized spacial score (nSPS) is 18.9. The van der Waals surface area contributed by atoms with Gasteiger partial charge in [-0.3, -0.25) is 4.79 Å². The number of carbonyl (C=O) groups excluding carboxylic acids is 1. The van der Waals surface area contributed by atoms with Crippen molar-refractivity contribution in [3.8, 4) is 0 Å². The molecular formula is C14H15FN2O2. The zero-order chi connectivity index (χ0) is 13.2. The second kappa shape index (κ2) is 5.01. The molecule has 1 atom stereocenters. The number of H-pyrrole nitrogens is 1. The van der Waals surface area contributed by atoms with Crippen LogP contribution in [0.15, 0.2) is 24.3 Å². The first kappa shape index (κ1) is 12.2. The molecule has 0 saturated carbocycles. The third-order valence-corrected chi connectivity index (χ3v) is 3.37. The number of benzene rings is 1. The second-order valence-electron chi connectivity index (χ2n) is 4.73. The Labute approximate surface area is 109 Å². The first-order chi connectivity index (χ1) is 9.24. The Hall–Kier alpha value is -1.88. The van der Waals surface area contributed by atoms with Gasteiger partial charge in [0.25, 0.3) is 5.91 Å². The van der Waals surface area contributed by atoms with Crippen LogP contribution in [0.1, 0.15) is 23.3 Å². The lowest BCUT2D eigenvalue weighted by molar-refractivity contribution is 0.0854. The number of ether oxygens (including phenoxy) is 1. The number of amides is 1. The number of carbonyl (C=O) groups is 1. The van der Waals surface area contributed by atoms with E-state index in [9.17, 15) is 9.18 Å². The van der Waals surface area contributed by atoms with Gasteiger partial charge in [0.2, 0.25) is 0 Å². The van der Waals surface area contributed by atoms with Crippen molar-refractivity contribution < 1.29 is 13.9 Å². The van der Waals surface area contributed by atoms with Gasteiger partial charge in [-0.1, -0.05) is 6.07 Å². The van der Waals surface area contributed by atoms with Crippen molar-refractivity contribution in [2.24, 2.45) is 0 Å². The summed E-state index contributed by atoms with van der Waals surface area (Å²) < 4.78 is 19.0. The van der Waals surface area contributed by atoms with E-state index in [4.69, 9.17) is 4.74 Å². The molecule has 1 fully saturated rings. The van der Waals surface area contributed by atoms with Crippen molar-refractivity contribution in [2.75, 3.05) is 13.2 Å². The molecule has 0 bridgehead atoms. The molecule has 0 spiro atoms. The minimum atomic E-state index is -0.327. The predicted molar refractivity (Wildman–Crippen MR) is 69.6 cm³/mol. The van der Waals surface area contributed by atoms with E-state index in [-0.39, 0.29) is 17.8 Å². The first-order valence-electron chi connectivity index (χ1n) is 6.41. The standard InChI is InChI=1S/C14H15FN2O2/c15-11-4-1-5-12-10(11)7-13(17-12)14(18)16-8-9-3-2-6-19-9/h1,4-5,7,9,17H,2-3,6,8H2,(H,16,18). The number of aromatic nitrogens is 1. The first-order valence-corrected chi connectivity index (χ1v) is 6.41. The van der Waals surface area contributed by atoms with E-state index in [0.717, 1.165) is 19.4 Å². The van der Waals surface area contributed by atoms with Gasteiger partial charge in [-0.25, -0.2) is 4.39 Å². The second-order valence-corrected chi connectivity index (χ2v) is 4.73. The molecule has 2 aromatic rings. The van der Waals surface area contributed by atoms with Crippen molar-refractivity contribution in [1.82, 2.24) is 10.3 Å². The Kier molecular flexibility index (Phi) is 3.21. The van der Waals surface area contributed by atoms with E-state index in [2.05, 4.69) is 10.3 Å². The molecule has 1 unspecified atom stereocenters. The van der Waals surface area contributed by atoms with Crippen LogP contribution in [0.25, 0.3) is 10.9 Å². The van der Waals surface area contributed by atoms with Gasteiger partial charge in [0.15, 0.2) is 0 Å². The molecule has 5 heteroatoms. The van der Waals surface area contributed by atoms with E-state index < -0.39 is 0 Å². The summed E-state index contributed by atoms with van der Waals surface area (Å²) in [5, 5.41) is 3.24. The number of rotatable bonds is 3. The lowest BCUT2D eigenvalue weighted by Gasteiger charge is -2.09. The van der Waals surface area contributed by atoms with Gasteiger partial charge in [-0.05, 0) is 31.0 Å². The van der Waals surface area contributed by atoms with Crippen LogP contribution in [0.5, 0.6) is 0 Å². The SMILES string of the molecule is O=C(NCC1CCCO1)c1cc2c(F)cccc2[nH]1. The quantitative estimate of drug-likeness (QED) is 0.891. The summed E-state index contributed by atoms with van der Waals surface area (Å²) in [6.45, 7) is 1.26. The molecular weight excluding hydrogens is 247 g/mol. The Balaban J connectivity index is 1.72. The largest absolute Gasteiger partial charge is 0.376 e. The van der Waals surface area contributed by atoms with Crippen LogP contribution >= 0.6 is 0 Å². The molecule has 2 N–H and O–H groups in total. The summed E-state index contributed by atoms with van der Waals surface area (Å²) in [6.07, 6.45) is 2.12. The highest BCUT2D eigenvalue weighted by Gasteiger charge is 2.17. The van der Waals surface area contributed by atoms with Gasteiger partial charge in [-0.15, -0.1) is 0 Å². The highest BCUT2D eigenvalue weighted by molar-refractivity contribution is 5.98. The molecule has 1 aliphatic heterocycles. The highest BCUT2D eigenvalue weighted by atomic mass is 19.1. The van der Waals surface area contributed by atoms with Crippen molar-refractivity contribution in [3.05, 3.63) is 35.8 Å². The van der Waals surface area contributed by atoms with Crippen LogP contribution in [-0.2, 0) is 4.74 Å². The maximum Gasteiger partial charge on any atom is 0.267 e. The molecule has 19 heavy (non-hydrogen) atoms. The molecule has 1 aromatic carbocycles. The fourth-order valence-electron chi connectivity index (χ4n) is 2.35. The van der Waals surface area contributed by atoms with E-state index in [1.807, 2.05) is 0 Å². The third kappa shape index (κ3) is 2.46. The topological polar surface area (TPSA) is 54.1 Å². The van der Waals surface area contributed by atoms with E-state index in [1.54, 1.807) is 12.1 Å². The lowest BCUT2D eigenvalue weighted by atomic mass is 10.2. The van der Waals surface area contributed by atoms with Gasteiger partial charge >= 0.3 is 0 Å². The molecule has 1 aliphatic rings. The average molecular weight is 262 g/mol. The van der Waals surface area contributed by atoms with Crippen molar-refractivity contribution in [2.45, 2.75) is 18.9 Å². The van der Waals surface area contributed by atoms with Crippen LogP contribution in [0, 0.1) is 5.82 Å². The Morgan fingerprint density at radius 1 is 1.53 bits per heavy atom. The summed E-state index contributed by atoms with van der Waals surface area (Å²) in [5.74, 6) is -0.557. The van der Waals surface area contributed by atoms with Crippen molar-refractivity contribution in [3.63, 3.8) is 0 Å². The predicted octanol–water partition coefficient (Wildman–Crippen LogP) is 2.22. The summed E-state index contributed by atoms with van der Waals surface area (Å²) in [5.41, 5.74) is 1.00. The molecule has 1 amide bonds. The van der Waals surface area contributed by atoms with Gasteiger partial charge in [-0.2, -0.15) is 0 Å². The molecule has 0 aliphatic carbocycles. The van der Waals surface area contributed by atoms with Crippen LogP contribution in [0.2, 0.25) is 0 Å². The van der Waals surface area contributed by atoms with Gasteiger partial charge < -0.3 is 15.0 Å². The monoisotopic (exact) mass is 262 g/mol. The minimum Gasteiger partial charge on any atom is -0.376 e. The number of aromatic amines is 1. The fraction of sp³-hybridized carbons (Fsp3) is 0.357.